The molecule has 6 nitrogen and oxygen atoms in total. The number of ether oxygens (including phenoxy) is 2. The van der Waals surface area contributed by atoms with E-state index in [4.69, 9.17) is 4.74 Å². The summed E-state index contributed by atoms with van der Waals surface area (Å²) in [6.07, 6.45) is 3.76. The van der Waals surface area contributed by atoms with Gasteiger partial charge in [0.05, 0.1) is 29.9 Å². The van der Waals surface area contributed by atoms with E-state index in [2.05, 4.69) is 14.9 Å². The van der Waals surface area contributed by atoms with E-state index >= 15 is 0 Å². The Labute approximate surface area is 160 Å². The molecule has 0 saturated heterocycles. The molecule has 2 aromatic carbocycles. The molecule has 1 aromatic heterocycles. The standard InChI is InChI=1S/C21H19FN2O4/c1-27-21(26)17-9-12(5-8-18(17)22)10-19-16-11-14(28-13-3-2-4-13)6-7-15(16)20(25)24-23-19/h5-9,11,13H,2-4,10H2,1H3,(H,24,25). The highest BCUT2D eigenvalue weighted by atomic mass is 19.1. The topological polar surface area (TPSA) is 81.3 Å². The summed E-state index contributed by atoms with van der Waals surface area (Å²) in [6, 6.07) is 9.56. The lowest BCUT2D eigenvalue weighted by Gasteiger charge is -2.26. The highest BCUT2D eigenvalue weighted by molar-refractivity contribution is 5.90. The van der Waals surface area contributed by atoms with Crippen molar-refractivity contribution in [3.8, 4) is 5.75 Å². The number of aromatic amines is 1. The highest BCUT2D eigenvalue weighted by Gasteiger charge is 2.20. The number of H-pyrrole nitrogens is 1. The lowest BCUT2D eigenvalue weighted by molar-refractivity contribution is 0.0595. The minimum Gasteiger partial charge on any atom is -0.490 e. The zero-order valence-corrected chi connectivity index (χ0v) is 15.3. The van der Waals surface area contributed by atoms with Gasteiger partial charge in [0, 0.05) is 11.8 Å². The van der Waals surface area contributed by atoms with Crippen molar-refractivity contribution in [2.24, 2.45) is 0 Å². The molecule has 0 amide bonds. The van der Waals surface area contributed by atoms with Gasteiger partial charge in [-0.25, -0.2) is 14.3 Å². The van der Waals surface area contributed by atoms with Crippen molar-refractivity contribution >= 4 is 16.7 Å². The summed E-state index contributed by atoms with van der Waals surface area (Å²) >= 11 is 0. The van der Waals surface area contributed by atoms with E-state index in [1.807, 2.05) is 6.07 Å². The Morgan fingerprint density at radius 1 is 1.21 bits per heavy atom. The summed E-state index contributed by atoms with van der Waals surface area (Å²) in [5.41, 5.74) is 0.857. The van der Waals surface area contributed by atoms with E-state index < -0.39 is 11.8 Å². The molecule has 0 radical (unpaired) electrons. The van der Waals surface area contributed by atoms with Gasteiger partial charge in [0.15, 0.2) is 0 Å². The number of aromatic nitrogens is 2. The van der Waals surface area contributed by atoms with Crippen molar-refractivity contribution < 1.29 is 18.7 Å². The molecule has 3 aromatic rings. The summed E-state index contributed by atoms with van der Waals surface area (Å²) in [6.45, 7) is 0. The maximum atomic E-state index is 13.9. The van der Waals surface area contributed by atoms with E-state index in [1.165, 1.54) is 19.2 Å². The van der Waals surface area contributed by atoms with Crippen LogP contribution in [0.25, 0.3) is 10.8 Å². The van der Waals surface area contributed by atoms with Crippen LogP contribution in [-0.4, -0.2) is 29.4 Å². The fraction of sp³-hybridized carbons (Fsp3) is 0.286. The average molecular weight is 382 g/mol. The van der Waals surface area contributed by atoms with Crippen molar-refractivity contribution in [1.82, 2.24) is 10.2 Å². The van der Waals surface area contributed by atoms with Crippen LogP contribution >= 0.6 is 0 Å². The van der Waals surface area contributed by atoms with Gasteiger partial charge >= 0.3 is 5.97 Å². The molecule has 0 atom stereocenters. The summed E-state index contributed by atoms with van der Waals surface area (Å²) < 4.78 is 24.4. The number of nitrogens with zero attached hydrogens (tertiary/aromatic N) is 1. The Morgan fingerprint density at radius 2 is 2.04 bits per heavy atom. The van der Waals surface area contributed by atoms with Crippen LogP contribution in [-0.2, 0) is 11.2 Å². The zero-order chi connectivity index (χ0) is 19.7. The smallest absolute Gasteiger partial charge is 0.340 e. The number of esters is 1. The van der Waals surface area contributed by atoms with Gasteiger partial charge in [0.1, 0.15) is 11.6 Å². The number of halogens is 1. The molecular weight excluding hydrogens is 363 g/mol. The quantitative estimate of drug-likeness (QED) is 0.684. The van der Waals surface area contributed by atoms with Crippen LogP contribution in [0.5, 0.6) is 5.75 Å². The summed E-state index contributed by atoms with van der Waals surface area (Å²) in [5.74, 6) is -0.693. The number of hydrogen-bond acceptors (Lipinski definition) is 5. The number of nitrogens with one attached hydrogen (secondary N) is 1. The molecule has 0 spiro atoms. The Morgan fingerprint density at radius 3 is 2.75 bits per heavy atom. The third-order valence-electron chi connectivity index (χ3n) is 5.00. The molecule has 1 fully saturated rings. The first-order valence-corrected chi connectivity index (χ1v) is 9.10. The lowest BCUT2D eigenvalue weighted by atomic mass is 9.96. The molecular formula is C21H19FN2O4. The summed E-state index contributed by atoms with van der Waals surface area (Å²) in [5, 5.41) is 7.84. The molecule has 144 valence electrons. The van der Waals surface area contributed by atoms with Crippen LogP contribution in [0.4, 0.5) is 4.39 Å². The summed E-state index contributed by atoms with van der Waals surface area (Å²) in [4.78, 5) is 23.9. The van der Waals surface area contributed by atoms with Gasteiger partial charge in [0.2, 0.25) is 0 Å². The van der Waals surface area contributed by atoms with Crippen molar-refractivity contribution in [1.29, 1.82) is 0 Å². The van der Waals surface area contributed by atoms with Gasteiger partial charge in [-0.2, -0.15) is 5.10 Å². The van der Waals surface area contributed by atoms with Gasteiger partial charge in [-0.3, -0.25) is 4.79 Å². The molecule has 4 rings (SSSR count). The molecule has 0 bridgehead atoms. The molecule has 0 unspecified atom stereocenters. The molecule has 7 heteroatoms. The number of benzene rings is 2. The minimum absolute atomic E-state index is 0.136. The molecule has 1 N–H and O–H groups in total. The maximum absolute atomic E-state index is 13.9. The van der Waals surface area contributed by atoms with Crippen molar-refractivity contribution in [2.75, 3.05) is 7.11 Å². The van der Waals surface area contributed by atoms with Crippen LogP contribution in [0, 0.1) is 5.82 Å². The monoisotopic (exact) mass is 382 g/mol. The van der Waals surface area contributed by atoms with E-state index in [0.717, 1.165) is 19.3 Å². The van der Waals surface area contributed by atoms with E-state index in [-0.39, 0.29) is 17.2 Å². The van der Waals surface area contributed by atoms with Gasteiger partial charge in [0.25, 0.3) is 5.56 Å². The largest absolute Gasteiger partial charge is 0.490 e. The Balaban J connectivity index is 1.71. The number of fused-ring (bicyclic) bond motifs is 1. The van der Waals surface area contributed by atoms with E-state index in [0.29, 0.717) is 34.2 Å². The third kappa shape index (κ3) is 3.47. The van der Waals surface area contributed by atoms with Crippen molar-refractivity contribution in [3.63, 3.8) is 0 Å². The van der Waals surface area contributed by atoms with Gasteiger partial charge in [-0.15, -0.1) is 0 Å². The average Bonchev–Trinajstić information content (AvgIpc) is 2.67. The molecule has 1 heterocycles. The van der Waals surface area contributed by atoms with Crippen LogP contribution in [0.15, 0.2) is 41.2 Å². The number of carbonyl (C=O) groups is 1. The molecule has 28 heavy (non-hydrogen) atoms. The first kappa shape index (κ1) is 18.2. The zero-order valence-electron chi connectivity index (χ0n) is 15.3. The van der Waals surface area contributed by atoms with Crippen molar-refractivity contribution in [2.45, 2.75) is 31.8 Å². The first-order valence-electron chi connectivity index (χ1n) is 9.10. The highest BCUT2D eigenvalue weighted by Crippen LogP contribution is 2.28. The number of carbonyl (C=O) groups excluding carboxylic acids is 1. The first-order chi connectivity index (χ1) is 13.5. The predicted molar refractivity (Wildman–Crippen MR) is 101 cm³/mol. The summed E-state index contributed by atoms with van der Waals surface area (Å²) in [7, 11) is 1.20. The van der Waals surface area contributed by atoms with Gasteiger partial charge < -0.3 is 9.47 Å². The second-order valence-electron chi connectivity index (χ2n) is 6.86. The van der Waals surface area contributed by atoms with Crippen molar-refractivity contribution in [3.05, 3.63) is 69.4 Å². The van der Waals surface area contributed by atoms with Crippen LogP contribution < -0.4 is 10.3 Å². The molecule has 1 aliphatic carbocycles. The van der Waals surface area contributed by atoms with Crippen LogP contribution in [0.2, 0.25) is 0 Å². The molecule has 0 aliphatic heterocycles. The van der Waals surface area contributed by atoms with Gasteiger partial charge in [-0.1, -0.05) is 6.07 Å². The second kappa shape index (κ2) is 7.42. The Bertz CT molecular complexity index is 1110. The third-order valence-corrected chi connectivity index (χ3v) is 5.00. The molecule has 1 aliphatic rings. The van der Waals surface area contributed by atoms with E-state index in [9.17, 15) is 14.0 Å². The number of rotatable bonds is 5. The lowest BCUT2D eigenvalue weighted by Crippen LogP contribution is -2.24. The second-order valence-corrected chi connectivity index (χ2v) is 6.86. The van der Waals surface area contributed by atoms with E-state index in [1.54, 1.807) is 18.2 Å². The number of hydrogen-bond donors (Lipinski definition) is 1. The van der Waals surface area contributed by atoms with Gasteiger partial charge in [-0.05, 0) is 55.2 Å². The van der Waals surface area contributed by atoms with Crippen LogP contribution in [0.3, 0.4) is 0 Å². The number of methoxy groups -OCH3 is 1. The fourth-order valence-corrected chi connectivity index (χ4v) is 3.23. The predicted octanol–water partition coefficient (Wildman–Crippen LogP) is 3.37. The Kier molecular flexibility index (Phi) is 4.81. The van der Waals surface area contributed by atoms with Crippen LogP contribution in [0.1, 0.15) is 40.9 Å². The fourth-order valence-electron chi connectivity index (χ4n) is 3.23. The Hall–Kier alpha value is -3.22. The molecule has 1 saturated carbocycles. The minimum atomic E-state index is -0.741. The normalized spacial score (nSPS) is 13.9. The maximum Gasteiger partial charge on any atom is 0.340 e. The SMILES string of the molecule is COC(=O)c1cc(Cc2n[nH]c(=O)c3ccc(OC4CCC4)cc23)ccc1F.